The van der Waals surface area contributed by atoms with E-state index in [1.165, 1.54) is 116 Å². The molecule has 14 N–H and O–H groups in total. The van der Waals surface area contributed by atoms with Gasteiger partial charge in [-0.05, 0) is 270 Å². The molecule has 1 saturated heterocycles. The molecular weight excluding hydrogens is 1830 g/mol. The summed E-state index contributed by atoms with van der Waals surface area (Å²) < 4.78 is 19.8. The Balaban J connectivity index is -0.000000201. The fraction of sp³-hybridized carbons (Fsp3) is 0.370. The largest absolute Gasteiger partial charge is 0.495 e. The fourth-order valence-corrected chi connectivity index (χ4v) is 12.2. The zero-order chi connectivity index (χ0) is 103. The molecular formula is C127H205N15O6. The average Bonchev–Trinajstić information content (AvgIpc) is 1.14. The third kappa shape index (κ3) is 73.6. The van der Waals surface area contributed by atoms with Crippen molar-refractivity contribution in [1.82, 2.24) is 31.5 Å². The molecule has 1 heterocycles. The molecule has 824 valence electrons. The number of methoxy groups -OCH3 is 3. The normalized spacial score (nSPS) is 9.96. The Hall–Kier alpha value is -13.5. The maximum Gasteiger partial charge on any atom is 0.339 e. The summed E-state index contributed by atoms with van der Waals surface area (Å²) >= 11 is 0. The number of amides is 1. The minimum Gasteiger partial charge on any atom is -0.495 e. The first-order valence-electron chi connectivity index (χ1n) is 47.7. The lowest BCUT2D eigenvalue weighted by Gasteiger charge is -2.21. The highest BCUT2D eigenvalue weighted by Crippen LogP contribution is 2.27. The quantitative estimate of drug-likeness (QED) is 0.0266. The molecule has 13 aromatic carbocycles. The molecule has 15 rings (SSSR count). The number of para-hydroxylation sites is 6. The average molecular weight is 2040 g/mol. The first-order valence-corrected chi connectivity index (χ1v) is 47.7. The predicted molar refractivity (Wildman–Crippen MR) is 664 cm³/mol. The third-order valence-corrected chi connectivity index (χ3v) is 20.3. The van der Waals surface area contributed by atoms with Crippen molar-refractivity contribution in [3.05, 3.63) is 400 Å². The molecule has 1 aliphatic heterocycles. The van der Waals surface area contributed by atoms with E-state index in [1.54, 1.807) is 45.5 Å². The van der Waals surface area contributed by atoms with Crippen molar-refractivity contribution in [3.63, 3.8) is 0 Å². The number of nitrogens with zero attached hydrogens (tertiary/aromatic N) is 1. The number of carbonyl (C=O) groups excluding carboxylic acids is 2. The Morgan fingerprint density at radius 2 is 0.608 bits per heavy atom. The lowest BCUT2D eigenvalue weighted by molar-refractivity contribution is 0.0503. The monoisotopic (exact) mass is 2040 g/mol. The molecule has 0 spiro atoms. The summed E-state index contributed by atoms with van der Waals surface area (Å²) in [6.45, 7) is 27.6. The molecule has 0 aromatic heterocycles. The zero-order valence-electron chi connectivity index (χ0n) is 88.4. The molecule has 0 radical (unpaired) electrons. The van der Waals surface area contributed by atoms with E-state index in [0.29, 0.717) is 11.1 Å². The van der Waals surface area contributed by atoms with Gasteiger partial charge < -0.3 is 98.3 Å². The van der Waals surface area contributed by atoms with E-state index in [0.717, 1.165) is 92.6 Å². The number of aryl methyl sites for hydroxylation is 7. The van der Waals surface area contributed by atoms with Crippen molar-refractivity contribution in [1.29, 1.82) is 0 Å². The van der Waals surface area contributed by atoms with E-state index < -0.39 is 0 Å². The standard InChI is InChI=1S/C15H16N2O.C9H11NO2.2C9H13N.2C8H11NO.6C8H11N.C5H11NO.C5H11N.C2H6.9CH4/c1-16-11-12-7-9-14(10-8-12)17-15(18)13-5-3-2-4-6-13;1-10-8-6-4-3-5-7(8)9(11)12-2;2*1-8-3-5-9(6-4-8)7-10-2;2*1-9-7-5-3-4-6-8(7)10-2;2*1-7-3-5-8(9-2)6-4-7;2*1-7-4-3-5-8(6-7)9-2;1-7-5-3-4-6-8(7)9-2;1-9-7-8-5-3-2-4-6-8;1-6-2-4-7-5-3-6;1-6-4-5-2-3-5;1-2;;;;;;;;;/h2-10,16H,11H2,1H3,(H,17,18);3-6,10H,1-2H3;2*3-6,10H,7H2,1-2H3;2*3-6,9H,1-2H3;5*3-6,9H,1-2H3;2-6,9H,7H2,1H3;2-5H2,1H3;5-6H,2-4H2,1H3;1-2H3;9*1H4. The van der Waals surface area contributed by atoms with Crippen LogP contribution in [0.2, 0.25) is 0 Å². The van der Waals surface area contributed by atoms with Gasteiger partial charge in [-0.3, -0.25) is 4.79 Å². The van der Waals surface area contributed by atoms with Crippen molar-refractivity contribution >= 4 is 63.1 Å². The molecule has 13 aromatic rings. The highest BCUT2D eigenvalue weighted by Gasteiger charge is 2.19. The van der Waals surface area contributed by atoms with Gasteiger partial charge in [0.15, 0.2) is 0 Å². The van der Waals surface area contributed by atoms with Crippen LogP contribution in [0.3, 0.4) is 0 Å². The summed E-state index contributed by atoms with van der Waals surface area (Å²) in [6.07, 6.45) is 2.92. The van der Waals surface area contributed by atoms with Gasteiger partial charge in [-0.2, -0.15) is 0 Å². The van der Waals surface area contributed by atoms with Crippen LogP contribution in [0.4, 0.5) is 51.2 Å². The smallest absolute Gasteiger partial charge is 0.339 e. The van der Waals surface area contributed by atoms with Gasteiger partial charge in [-0.15, -0.1) is 0 Å². The topological polar surface area (TPSA) is 243 Å². The van der Waals surface area contributed by atoms with Gasteiger partial charge >= 0.3 is 5.97 Å². The molecule has 0 bridgehead atoms. The number of benzene rings is 13. The fourth-order valence-electron chi connectivity index (χ4n) is 12.2. The molecule has 148 heavy (non-hydrogen) atoms. The molecule has 0 unspecified atom stereocenters. The number of likely N-dealkylation sites (N-methyl/N-ethyl adjacent to an activating group) is 1. The number of ether oxygens (including phenoxy) is 4. The number of hydrogen-bond donors (Lipinski definition) is 14. The van der Waals surface area contributed by atoms with Crippen molar-refractivity contribution < 1.29 is 28.5 Å². The van der Waals surface area contributed by atoms with Crippen LogP contribution in [-0.2, 0) is 35.7 Å². The molecule has 2 fully saturated rings. The number of nitrogens with one attached hydrogen (secondary N) is 14. The van der Waals surface area contributed by atoms with E-state index in [9.17, 15) is 9.59 Å². The predicted octanol–water partition coefficient (Wildman–Crippen LogP) is 30.0. The molecule has 0 atom stereocenters. The number of morpholine rings is 1. The minimum atomic E-state index is -0.319. The maximum atomic E-state index is 11.9. The van der Waals surface area contributed by atoms with Gasteiger partial charge in [0.25, 0.3) is 5.91 Å². The summed E-state index contributed by atoms with van der Waals surface area (Å²) in [5, 5.41) is 42.7. The summed E-state index contributed by atoms with van der Waals surface area (Å²) in [7, 11) is 31.7. The lowest BCUT2D eigenvalue weighted by Crippen LogP contribution is -2.32. The van der Waals surface area contributed by atoms with Crippen LogP contribution in [0.5, 0.6) is 11.5 Å². The van der Waals surface area contributed by atoms with E-state index in [4.69, 9.17) is 14.2 Å². The van der Waals surface area contributed by atoms with Crippen LogP contribution in [0.25, 0.3) is 0 Å². The number of hydrogen-bond acceptors (Lipinski definition) is 20. The van der Waals surface area contributed by atoms with Gasteiger partial charge in [0.2, 0.25) is 0 Å². The van der Waals surface area contributed by atoms with Crippen LogP contribution in [-0.4, -0.2) is 170 Å². The van der Waals surface area contributed by atoms with Crippen LogP contribution < -0.4 is 83.9 Å². The third-order valence-electron chi connectivity index (χ3n) is 20.3. The number of rotatable bonds is 23. The lowest BCUT2D eigenvalue weighted by atomic mass is 10.1. The Kier molecular flexibility index (Phi) is 102. The molecule has 21 nitrogen and oxygen atoms in total. The zero-order valence-corrected chi connectivity index (χ0v) is 88.4. The van der Waals surface area contributed by atoms with Crippen molar-refractivity contribution in [2.75, 3.05) is 201 Å². The van der Waals surface area contributed by atoms with Gasteiger partial charge in [-0.25, -0.2) is 4.79 Å². The Bertz CT molecular complexity index is 4930. The second-order valence-electron chi connectivity index (χ2n) is 31.7. The number of carbonyl (C=O) groups is 2. The Labute approximate surface area is 903 Å². The highest BCUT2D eigenvalue weighted by atomic mass is 16.5. The Morgan fingerprint density at radius 1 is 0.304 bits per heavy atom. The molecule has 2 aliphatic rings. The van der Waals surface area contributed by atoms with E-state index in [2.05, 4.69) is 285 Å². The number of anilines is 9. The van der Waals surface area contributed by atoms with Crippen LogP contribution >= 0.6 is 0 Å². The first kappa shape index (κ1) is 152. The van der Waals surface area contributed by atoms with E-state index >= 15 is 0 Å². The van der Waals surface area contributed by atoms with E-state index in [1.807, 2.05) is 256 Å². The molecule has 21 heteroatoms. The second-order valence-corrected chi connectivity index (χ2v) is 31.7. The van der Waals surface area contributed by atoms with Crippen molar-refractivity contribution in [2.45, 2.75) is 168 Å². The first-order chi connectivity index (χ1) is 67.4. The number of esters is 1. The highest BCUT2D eigenvalue weighted by molar-refractivity contribution is 6.04. The van der Waals surface area contributed by atoms with Crippen molar-refractivity contribution in [2.24, 2.45) is 5.92 Å². The van der Waals surface area contributed by atoms with Crippen LogP contribution in [0, 0.1) is 54.4 Å². The van der Waals surface area contributed by atoms with Gasteiger partial charge in [0.1, 0.15) is 11.5 Å². The second kappa shape index (κ2) is 99.5. The van der Waals surface area contributed by atoms with Gasteiger partial charge in [-0.1, -0.05) is 315 Å². The maximum absolute atomic E-state index is 11.9. The van der Waals surface area contributed by atoms with Crippen LogP contribution in [0.1, 0.15) is 175 Å². The summed E-state index contributed by atoms with van der Waals surface area (Å²) in [4.78, 5) is 25.3. The SMILES string of the molecule is C.C.C.C.C.C.C.C.C.CC.CN1CCOCC1.CNCC1CC1.CNCc1ccc(C)cc1.CNCc1ccc(C)cc1.CNCc1ccc(NC(=O)c2ccccc2)cc1.CNCc1ccccc1.CNc1ccc(C)cc1.CNc1ccc(C)cc1.CNc1cccc(C)c1.CNc1cccc(C)c1.CNc1ccccc1C.CNc1ccccc1C(=O)OC.CNc1ccccc1OC.CNc1ccccc1OC. The minimum absolute atomic E-state index is 0. The van der Waals surface area contributed by atoms with Crippen molar-refractivity contribution in [3.8, 4) is 11.5 Å². The molecule has 1 saturated carbocycles. The van der Waals surface area contributed by atoms with Crippen LogP contribution in [0.15, 0.2) is 328 Å². The molecule has 1 amide bonds. The summed E-state index contributed by atoms with van der Waals surface area (Å²) in [5.74, 6) is 2.39. The summed E-state index contributed by atoms with van der Waals surface area (Å²) in [6, 6.07) is 109. The van der Waals surface area contributed by atoms with E-state index in [-0.39, 0.29) is 78.7 Å². The van der Waals surface area contributed by atoms with Gasteiger partial charge in [0, 0.05) is 141 Å². The Morgan fingerprint density at radius 3 is 0.885 bits per heavy atom. The van der Waals surface area contributed by atoms with Gasteiger partial charge in [0.05, 0.1) is 51.5 Å². The summed E-state index contributed by atoms with van der Waals surface area (Å²) in [5.41, 5.74) is 25.1. The molecule has 1 aliphatic carbocycles.